The molecule has 13 atom stereocenters. The molecule has 6 aliphatic rings. The maximum atomic E-state index is 14.0. The lowest BCUT2D eigenvalue weighted by Crippen LogP contribution is -2.67. The molecule has 228 valence electrons. The summed E-state index contributed by atoms with van der Waals surface area (Å²) in [6, 6.07) is -2.27. The van der Waals surface area contributed by atoms with E-state index >= 15 is 0 Å². The van der Waals surface area contributed by atoms with Crippen LogP contribution in [0.4, 0.5) is 0 Å². The van der Waals surface area contributed by atoms with Crippen LogP contribution in [-0.2, 0) is 52.4 Å². The number of rotatable bonds is 4. The molecule has 5 N–H and O–H groups in total. The van der Waals surface area contributed by atoms with E-state index in [2.05, 4.69) is 0 Å². The van der Waals surface area contributed by atoms with Crippen LogP contribution in [0, 0.1) is 28.1 Å². The van der Waals surface area contributed by atoms with Gasteiger partial charge in [0.25, 0.3) is 0 Å². The van der Waals surface area contributed by atoms with Gasteiger partial charge >= 0.3 is 29.8 Å². The Morgan fingerprint density at radius 3 is 2.15 bits per heavy atom. The molecule has 15 heteroatoms. The molecule has 8 unspecified atom stereocenters. The topological polar surface area (TPSA) is 213 Å². The number of hydrogen-bond donors (Lipinski definition) is 3. The minimum atomic E-state index is -2.41. The van der Waals surface area contributed by atoms with Crippen molar-refractivity contribution in [2.75, 3.05) is 0 Å². The van der Waals surface area contributed by atoms with Crippen molar-refractivity contribution in [2.24, 2.45) is 39.5 Å². The van der Waals surface area contributed by atoms with Gasteiger partial charge in [-0.15, -0.1) is 12.4 Å². The fourth-order valence-corrected chi connectivity index (χ4v) is 8.81. The zero-order valence-corrected chi connectivity index (χ0v) is 24.2. The number of hydrogen-bond acceptors (Lipinski definition) is 14. The Labute approximate surface area is 241 Å². The Balaban J connectivity index is 0.00000337. The third-order valence-corrected chi connectivity index (χ3v) is 10.2. The number of ether oxygens (including phenoxy) is 6. The van der Waals surface area contributed by atoms with Crippen LogP contribution < -0.4 is 11.5 Å². The summed E-state index contributed by atoms with van der Waals surface area (Å²) in [4.78, 5) is 66.4. The molecule has 4 heterocycles. The number of carbonyl (C=O) groups excluding carboxylic acids is 5. The molecule has 14 nitrogen and oxygen atoms in total. The molecule has 41 heavy (non-hydrogen) atoms. The summed E-state index contributed by atoms with van der Waals surface area (Å²) in [5.74, 6) is -6.66. The minimum Gasteiger partial charge on any atom is -0.459 e. The first kappa shape index (κ1) is 30.0. The van der Waals surface area contributed by atoms with Gasteiger partial charge in [-0.05, 0) is 38.5 Å². The van der Waals surface area contributed by atoms with Crippen LogP contribution in [-0.4, -0.2) is 88.9 Å². The van der Waals surface area contributed by atoms with Gasteiger partial charge in [-0.3, -0.25) is 14.4 Å². The molecule has 6 rings (SSSR count). The largest absolute Gasteiger partial charge is 0.459 e. The Morgan fingerprint density at radius 1 is 1.00 bits per heavy atom. The summed E-state index contributed by atoms with van der Waals surface area (Å²) in [5.41, 5.74) is 2.51. The summed E-state index contributed by atoms with van der Waals surface area (Å²) >= 11 is 0. The van der Waals surface area contributed by atoms with Crippen molar-refractivity contribution in [1.29, 1.82) is 0 Å². The standard InChI is InChI=1S/C26H34N2O12.ClH/c1-8-16(29)37-14-13(36-17(30)9(2)27)24-12-7-11(22(4,5)6)23(24)15(38-18(31)10(3)28)19(32)39-21(23)40-26(24,20(33)35-12)25(8,14)34;/h8-15,21,34H,7,27-28H2,1-6H3;1H/t8-,9?,10?,11+,12?,13+,14?,15+,21?,23?,24?,25-,26?;/m1./s1. The molecular formula is C26H35ClN2O12. The molecule has 2 saturated carbocycles. The van der Waals surface area contributed by atoms with Gasteiger partial charge in [-0.25, -0.2) is 9.59 Å². The number of aliphatic hydroxyl groups is 1. The Kier molecular flexibility index (Phi) is 6.23. The molecule has 0 bridgehead atoms. The molecular weight excluding hydrogens is 568 g/mol. The van der Waals surface area contributed by atoms with Gasteiger partial charge in [0.05, 0.1) is 5.92 Å². The summed E-state index contributed by atoms with van der Waals surface area (Å²) in [6.45, 7) is 9.76. The van der Waals surface area contributed by atoms with Crippen molar-refractivity contribution in [3.8, 4) is 0 Å². The van der Waals surface area contributed by atoms with Crippen LogP contribution in [0.2, 0.25) is 0 Å². The Morgan fingerprint density at radius 2 is 1.59 bits per heavy atom. The van der Waals surface area contributed by atoms with E-state index in [1.807, 2.05) is 20.8 Å². The summed E-state index contributed by atoms with van der Waals surface area (Å²) < 4.78 is 35.3. The van der Waals surface area contributed by atoms with Gasteiger partial charge in [0.15, 0.2) is 17.8 Å². The molecule has 2 aliphatic carbocycles. The van der Waals surface area contributed by atoms with Crippen LogP contribution in [0.5, 0.6) is 0 Å². The van der Waals surface area contributed by atoms with E-state index in [-0.39, 0.29) is 18.8 Å². The van der Waals surface area contributed by atoms with Gasteiger partial charge in [0.2, 0.25) is 18.0 Å². The van der Waals surface area contributed by atoms with Crippen molar-refractivity contribution in [1.82, 2.24) is 0 Å². The lowest BCUT2D eigenvalue weighted by Gasteiger charge is -2.48. The summed E-state index contributed by atoms with van der Waals surface area (Å²) in [6.07, 6.45) is -7.43. The molecule has 0 aromatic carbocycles. The zero-order chi connectivity index (χ0) is 29.5. The molecule has 6 fully saturated rings. The lowest BCUT2D eigenvalue weighted by atomic mass is 9.51. The highest BCUT2D eigenvalue weighted by atomic mass is 35.5. The predicted molar refractivity (Wildman–Crippen MR) is 134 cm³/mol. The van der Waals surface area contributed by atoms with Crippen LogP contribution in [0.25, 0.3) is 0 Å². The molecule has 4 saturated heterocycles. The van der Waals surface area contributed by atoms with Gasteiger partial charge in [-0.1, -0.05) is 20.8 Å². The van der Waals surface area contributed by atoms with Gasteiger partial charge < -0.3 is 45.0 Å². The lowest BCUT2D eigenvalue weighted by molar-refractivity contribution is -0.240. The highest BCUT2D eigenvalue weighted by Gasteiger charge is 3.05. The highest BCUT2D eigenvalue weighted by molar-refractivity contribution is 5.95. The number of carbonyl (C=O) groups is 5. The second-order valence-electron chi connectivity index (χ2n) is 13.1. The first-order chi connectivity index (χ1) is 18.4. The second kappa shape index (κ2) is 8.53. The highest BCUT2D eigenvalue weighted by Crippen LogP contribution is 2.85. The van der Waals surface area contributed by atoms with Crippen LogP contribution in [0.3, 0.4) is 0 Å². The van der Waals surface area contributed by atoms with Gasteiger partial charge in [-0.2, -0.15) is 0 Å². The van der Waals surface area contributed by atoms with E-state index in [0.717, 1.165) is 0 Å². The first-order valence-corrected chi connectivity index (χ1v) is 13.4. The van der Waals surface area contributed by atoms with E-state index in [4.69, 9.17) is 39.9 Å². The number of halogens is 1. The van der Waals surface area contributed by atoms with Crippen molar-refractivity contribution in [3.05, 3.63) is 0 Å². The average Bonchev–Trinajstić information content (AvgIpc) is 3.56. The normalized spacial score (nSPS) is 48.1. The van der Waals surface area contributed by atoms with E-state index < -0.39 is 112 Å². The van der Waals surface area contributed by atoms with Crippen LogP contribution in [0.1, 0.15) is 48.0 Å². The van der Waals surface area contributed by atoms with Crippen molar-refractivity contribution in [2.45, 2.75) is 102 Å². The van der Waals surface area contributed by atoms with Gasteiger partial charge in [0.1, 0.15) is 29.0 Å². The molecule has 4 aliphatic heterocycles. The van der Waals surface area contributed by atoms with E-state index in [0.29, 0.717) is 0 Å². The monoisotopic (exact) mass is 602 g/mol. The maximum Gasteiger partial charge on any atom is 0.350 e. The van der Waals surface area contributed by atoms with E-state index in [1.54, 1.807) is 0 Å². The Hall–Kier alpha value is -2.52. The number of fused-ring (bicyclic) bond motifs is 1. The molecule has 0 aromatic heterocycles. The van der Waals surface area contributed by atoms with Crippen molar-refractivity contribution in [3.63, 3.8) is 0 Å². The van der Waals surface area contributed by atoms with E-state index in [1.165, 1.54) is 20.8 Å². The molecule has 0 amide bonds. The number of nitrogens with two attached hydrogens (primary N) is 2. The summed E-state index contributed by atoms with van der Waals surface area (Å²) in [7, 11) is 0. The maximum absolute atomic E-state index is 14.0. The minimum absolute atomic E-state index is 0. The van der Waals surface area contributed by atoms with Crippen LogP contribution >= 0.6 is 12.4 Å². The SMILES string of the molecule is CC(N)C(=O)O[C@H]1C(=O)OC2OC34C(=O)OC5C[C@@H](C(C)(C)C)C21C53[C@@H](OC(=O)C(C)N)C1OC(=O)[C@@H](C)[C@@]14O.Cl. The first-order valence-electron chi connectivity index (χ1n) is 13.4. The summed E-state index contributed by atoms with van der Waals surface area (Å²) in [5, 5.41) is 12.5. The quantitative estimate of drug-likeness (QED) is 0.256. The number of esters is 5. The van der Waals surface area contributed by atoms with E-state index in [9.17, 15) is 29.1 Å². The average molecular weight is 603 g/mol. The fraction of sp³-hybridized carbons (Fsp3) is 0.808. The van der Waals surface area contributed by atoms with Crippen molar-refractivity contribution >= 4 is 42.3 Å². The molecule has 0 radical (unpaired) electrons. The predicted octanol–water partition coefficient (Wildman–Crippen LogP) is -1.15. The van der Waals surface area contributed by atoms with Gasteiger partial charge in [0, 0.05) is 0 Å². The van der Waals surface area contributed by atoms with Crippen LogP contribution in [0.15, 0.2) is 0 Å². The third kappa shape index (κ3) is 2.90. The molecule has 2 spiro atoms. The molecule has 0 aromatic rings. The second-order valence-corrected chi connectivity index (χ2v) is 13.1. The zero-order valence-electron chi connectivity index (χ0n) is 23.4. The van der Waals surface area contributed by atoms with Crippen molar-refractivity contribution < 1.29 is 57.5 Å². The third-order valence-electron chi connectivity index (χ3n) is 10.2. The smallest absolute Gasteiger partial charge is 0.350 e. The fourth-order valence-electron chi connectivity index (χ4n) is 8.81. The Bertz CT molecular complexity index is 1250.